The predicted octanol–water partition coefficient (Wildman–Crippen LogP) is 0.514. The van der Waals surface area contributed by atoms with Gasteiger partial charge in [-0.2, -0.15) is 0 Å². The summed E-state index contributed by atoms with van der Waals surface area (Å²) < 4.78 is 22.6. The molecule has 1 aliphatic rings. The lowest BCUT2D eigenvalue weighted by Crippen LogP contribution is -2.42. The summed E-state index contributed by atoms with van der Waals surface area (Å²) in [5, 5.41) is 9.57. The molecule has 0 aliphatic carbocycles. The van der Waals surface area contributed by atoms with Crippen molar-refractivity contribution in [1.82, 2.24) is 4.90 Å². The number of likely N-dealkylation sites (tertiary alicyclic amines) is 1. The van der Waals surface area contributed by atoms with Crippen LogP contribution in [-0.4, -0.2) is 55.7 Å². The Balaban J connectivity index is 2.24. The van der Waals surface area contributed by atoms with Crippen molar-refractivity contribution < 1.29 is 13.5 Å². The molecular formula is C11H23NO3S. The highest BCUT2D eigenvalue weighted by Gasteiger charge is 2.23. The van der Waals surface area contributed by atoms with Crippen LogP contribution in [0.4, 0.5) is 0 Å². The van der Waals surface area contributed by atoms with Gasteiger partial charge in [0.2, 0.25) is 0 Å². The maximum Gasteiger partial charge on any atom is 0.150 e. The molecule has 1 rings (SSSR count). The van der Waals surface area contributed by atoms with E-state index in [1.807, 2.05) is 6.92 Å². The molecule has 16 heavy (non-hydrogen) atoms. The molecule has 1 heterocycles. The second-order valence-corrected chi connectivity index (χ2v) is 7.20. The van der Waals surface area contributed by atoms with Crippen molar-refractivity contribution in [1.29, 1.82) is 0 Å². The minimum absolute atomic E-state index is 0.185. The summed E-state index contributed by atoms with van der Waals surface area (Å²) in [6, 6.07) is 0. The van der Waals surface area contributed by atoms with Crippen molar-refractivity contribution in [3.05, 3.63) is 0 Å². The van der Waals surface area contributed by atoms with Gasteiger partial charge in [0.15, 0.2) is 0 Å². The first-order valence-corrected chi connectivity index (χ1v) is 7.87. The number of piperidine rings is 1. The highest BCUT2D eigenvalue weighted by atomic mass is 32.2. The molecule has 1 fully saturated rings. The van der Waals surface area contributed by atoms with Gasteiger partial charge < -0.3 is 10.0 Å². The zero-order valence-electron chi connectivity index (χ0n) is 10.2. The fourth-order valence-electron chi connectivity index (χ4n) is 2.08. The van der Waals surface area contributed by atoms with E-state index in [1.54, 1.807) is 6.92 Å². The summed E-state index contributed by atoms with van der Waals surface area (Å²) in [5.74, 6) is 0.829. The molecule has 5 heteroatoms. The van der Waals surface area contributed by atoms with Gasteiger partial charge in [0.05, 0.1) is 11.9 Å². The molecule has 0 aromatic heterocycles. The minimum atomic E-state index is -2.82. The minimum Gasteiger partial charge on any atom is -0.393 e. The molecule has 0 spiro atoms. The van der Waals surface area contributed by atoms with Crippen LogP contribution in [0.15, 0.2) is 0 Å². The van der Waals surface area contributed by atoms with E-state index in [1.165, 1.54) is 0 Å². The van der Waals surface area contributed by atoms with E-state index in [-0.39, 0.29) is 17.6 Å². The number of nitrogens with zero attached hydrogens (tertiary/aromatic N) is 1. The number of sulfone groups is 1. The molecule has 0 saturated carbocycles. The summed E-state index contributed by atoms with van der Waals surface area (Å²) in [6.45, 7) is 6.33. The summed E-state index contributed by atoms with van der Waals surface area (Å²) >= 11 is 0. The quantitative estimate of drug-likeness (QED) is 0.771. The van der Waals surface area contributed by atoms with Gasteiger partial charge >= 0.3 is 0 Å². The number of hydrogen-bond donors (Lipinski definition) is 1. The number of rotatable bonds is 5. The van der Waals surface area contributed by atoms with Gasteiger partial charge in [-0.3, -0.25) is 0 Å². The van der Waals surface area contributed by atoms with E-state index in [2.05, 4.69) is 4.90 Å². The van der Waals surface area contributed by atoms with Crippen LogP contribution < -0.4 is 0 Å². The molecular weight excluding hydrogens is 226 g/mol. The summed E-state index contributed by atoms with van der Waals surface area (Å²) in [5.41, 5.74) is 0. The number of hydrogen-bond acceptors (Lipinski definition) is 4. The normalized spacial score (nSPS) is 28.2. The van der Waals surface area contributed by atoms with Crippen molar-refractivity contribution >= 4 is 9.84 Å². The van der Waals surface area contributed by atoms with E-state index < -0.39 is 9.84 Å². The van der Waals surface area contributed by atoms with Crippen LogP contribution in [0.5, 0.6) is 0 Å². The zero-order valence-corrected chi connectivity index (χ0v) is 11.0. The van der Waals surface area contributed by atoms with Gasteiger partial charge in [-0.25, -0.2) is 8.42 Å². The van der Waals surface area contributed by atoms with Crippen molar-refractivity contribution in [2.24, 2.45) is 5.92 Å². The standard InChI is InChI=1S/C11H23NO3S/c1-3-16(14,15)8-4-6-12-7-5-11(13)10(2)9-12/h10-11,13H,3-9H2,1-2H3. The van der Waals surface area contributed by atoms with Gasteiger partial charge in [-0.1, -0.05) is 13.8 Å². The van der Waals surface area contributed by atoms with E-state index in [0.29, 0.717) is 12.3 Å². The average molecular weight is 249 g/mol. The van der Waals surface area contributed by atoms with Gasteiger partial charge in [0.25, 0.3) is 0 Å². The molecule has 0 radical (unpaired) electrons. The van der Waals surface area contributed by atoms with Crippen LogP contribution in [0.1, 0.15) is 26.7 Å². The zero-order chi connectivity index (χ0) is 12.2. The lowest BCUT2D eigenvalue weighted by molar-refractivity contribution is 0.0353. The van der Waals surface area contributed by atoms with E-state index in [4.69, 9.17) is 0 Å². The van der Waals surface area contributed by atoms with E-state index in [0.717, 1.165) is 26.1 Å². The Morgan fingerprint density at radius 3 is 2.69 bits per heavy atom. The Labute approximate surface area is 98.6 Å². The van der Waals surface area contributed by atoms with Crippen LogP contribution in [0.2, 0.25) is 0 Å². The number of aliphatic hydroxyl groups excluding tert-OH is 1. The van der Waals surface area contributed by atoms with Crippen LogP contribution >= 0.6 is 0 Å². The van der Waals surface area contributed by atoms with Gasteiger partial charge in [-0.05, 0) is 25.3 Å². The molecule has 1 aliphatic heterocycles. The highest BCUT2D eigenvalue weighted by molar-refractivity contribution is 7.91. The largest absolute Gasteiger partial charge is 0.393 e. The topological polar surface area (TPSA) is 57.6 Å². The molecule has 0 aromatic carbocycles. The van der Waals surface area contributed by atoms with Crippen molar-refractivity contribution in [3.63, 3.8) is 0 Å². The first-order valence-electron chi connectivity index (χ1n) is 6.05. The molecule has 4 nitrogen and oxygen atoms in total. The molecule has 0 aromatic rings. The smallest absolute Gasteiger partial charge is 0.150 e. The van der Waals surface area contributed by atoms with Crippen LogP contribution in [0.25, 0.3) is 0 Å². The van der Waals surface area contributed by atoms with Crippen molar-refractivity contribution in [3.8, 4) is 0 Å². The van der Waals surface area contributed by atoms with Crippen molar-refractivity contribution in [2.75, 3.05) is 31.1 Å². The fraction of sp³-hybridized carbons (Fsp3) is 1.00. The van der Waals surface area contributed by atoms with Crippen molar-refractivity contribution in [2.45, 2.75) is 32.8 Å². The van der Waals surface area contributed by atoms with Crippen LogP contribution in [0, 0.1) is 5.92 Å². The molecule has 0 bridgehead atoms. The molecule has 2 unspecified atom stereocenters. The monoisotopic (exact) mass is 249 g/mol. The third kappa shape index (κ3) is 4.39. The predicted molar refractivity (Wildman–Crippen MR) is 65.2 cm³/mol. The first-order chi connectivity index (χ1) is 7.44. The number of aliphatic hydroxyl groups is 1. The average Bonchev–Trinajstić information content (AvgIpc) is 2.23. The molecule has 2 atom stereocenters. The van der Waals surface area contributed by atoms with Gasteiger partial charge in [0, 0.05) is 18.8 Å². The molecule has 1 saturated heterocycles. The van der Waals surface area contributed by atoms with E-state index >= 15 is 0 Å². The second kappa shape index (κ2) is 5.98. The Morgan fingerprint density at radius 1 is 1.44 bits per heavy atom. The summed E-state index contributed by atoms with van der Waals surface area (Å²) in [6.07, 6.45) is 1.33. The molecule has 96 valence electrons. The fourth-order valence-corrected chi connectivity index (χ4v) is 2.93. The third-order valence-corrected chi connectivity index (χ3v) is 5.10. The maximum absolute atomic E-state index is 11.3. The second-order valence-electron chi connectivity index (χ2n) is 4.72. The maximum atomic E-state index is 11.3. The van der Waals surface area contributed by atoms with Gasteiger partial charge in [0.1, 0.15) is 9.84 Å². The summed E-state index contributed by atoms with van der Waals surface area (Å²) in [4.78, 5) is 2.25. The SMILES string of the molecule is CCS(=O)(=O)CCCN1CCC(O)C(C)C1. The Morgan fingerprint density at radius 2 is 2.12 bits per heavy atom. The Kier molecular flexibility index (Phi) is 5.21. The van der Waals surface area contributed by atoms with Crippen LogP contribution in [0.3, 0.4) is 0 Å². The third-order valence-electron chi connectivity index (χ3n) is 3.31. The lowest BCUT2D eigenvalue weighted by Gasteiger charge is -2.34. The van der Waals surface area contributed by atoms with E-state index in [9.17, 15) is 13.5 Å². The Bertz CT molecular complexity index is 302. The highest BCUT2D eigenvalue weighted by Crippen LogP contribution is 2.16. The first kappa shape index (κ1) is 13.9. The lowest BCUT2D eigenvalue weighted by atomic mass is 9.97. The van der Waals surface area contributed by atoms with Gasteiger partial charge in [-0.15, -0.1) is 0 Å². The molecule has 0 amide bonds. The molecule has 1 N–H and O–H groups in total. The van der Waals surface area contributed by atoms with Crippen LogP contribution in [-0.2, 0) is 9.84 Å². The summed E-state index contributed by atoms with van der Waals surface area (Å²) in [7, 11) is -2.82. The Hall–Kier alpha value is -0.130.